The van der Waals surface area contributed by atoms with Gasteiger partial charge < -0.3 is 5.43 Å². The second-order valence-corrected chi connectivity index (χ2v) is 3.14. The maximum absolute atomic E-state index is 13.2. The topological polar surface area (TPSA) is 38.0 Å². The van der Waals surface area contributed by atoms with Crippen LogP contribution in [-0.4, -0.2) is 5.88 Å². The monoisotopic (exact) mass is 214 g/mol. The first-order valence-corrected chi connectivity index (χ1v) is 4.80. The molecule has 0 aliphatic heterocycles. The van der Waals surface area contributed by atoms with E-state index in [1.165, 1.54) is 6.07 Å². The summed E-state index contributed by atoms with van der Waals surface area (Å²) in [4.78, 5) is 0. The third kappa shape index (κ3) is 3.01. The molecule has 0 spiro atoms. The van der Waals surface area contributed by atoms with Crippen LogP contribution in [0.2, 0.25) is 0 Å². The first-order valence-electron chi connectivity index (χ1n) is 4.26. The Kier molecular flexibility index (Phi) is 4.43. The predicted octanol–water partition coefficient (Wildman–Crippen LogP) is 2.75. The van der Waals surface area contributed by atoms with Gasteiger partial charge in [-0.3, -0.25) is 5.84 Å². The van der Waals surface area contributed by atoms with Crippen molar-refractivity contribution in [1.82, 2.24) is 0 Å². The molecule has 0 unspecified atom stereocenters. The number of alkyl halides is 1. The number of hydrogen-bond donors (Lipinski definition) is 2. The van der Waals surface area contributed by atoms with Crippen molar-refractivity contribution in [1.29, 1.82) is 0 Å². The second kappa shape index (κ2) is 5.62. The minimum Gasteiger partial charge on any atom is -0.321 e. The van der Waals surface area contributed by atoms with Crippen molar-refractivity contribution in [2.45, 2.75) is 6.42 Å². The van der Waals surface area contributed by atoms with Crippen molar-refractivity contribution in [3.8, 4) is 0 Å². The van der Waals surface area contributed by atoms with Crippen LogP contribution in [0.4, 0.5) is 10.1 Å². The average molecular weight is 215 g/mol. The lowest BCUT2D eigenvalue weighted by Crippen LogP contribution is -2.08. The molecule has 0 fully saturated rings. The van der Waals surface area contributed by atoms with E-state index < -0.39 is 0 Å². The Labute approximate surface area is 87.5 Å². The standard InChI is InChI=1S/C10H12ClFN2/c11-6-2-1-3-8-4-5-10(14-13)9(12)7-8/h1,3-5,7,14H,2,6,13H2. The van der Waals surface area contributed by atoms with Crippen molar-refractivity contribution >= 4 is 23.4 Å². The summed E-state index contributed by atoms with van der Waals surface area (Å²) in [5.41, 5.74) is 3.36. The quantitative estimate of drug-likeness (QED) is 0.460. The Morgan fingerprint density at radius 1 is 1.50 bits per heavy atom. The number of anilines is 1. The van der Waals surface area contributed by atoms with Gasteiger partial charge >= 0.3 is 0 Å². The number of allylic oxidation sites excluding steroid dienone is 1. The van der Waals surface area contributed by atoms with Crippen molar-refractivity contribution in [3.63, 3.8) is 0 Å². The summed E-state index contributed by atoms with van der Waals surface area (Å²) in [5.74, 6) is 5.31. The first kappa shape index (κ1) is 11.0. The zero-order valence-electron chi connectivity index (χ0n) is 7.63. The number of halogens is 2. The van der Waals surface area contributed by atoms with E-state index in [4.69, 9.17) is 17.4 Å². The molecule has 1 aromatic carbocycles. The van der Waals surface area contributed by atoms with Gasteiger partial charge in [0.05, 0.1) is 5.69 Å². The van der Waals surface area contributed by atoms with Crippen LogP contribution in [-0.2, 0) is 0 Å². The predicted molar refractivity (Wildman–Crippen MR) is 58.6 cm³/mol. The number of nitrogens with one attached hydrogen (secondary N) is 1. The van der Waals surface area contributed by atoms with Gasteiger partial charge in [-0.05, 0) is 24.1 Å². The largest absolute Gasteiger partial charge is 0.321 e. The van der Waals surface area contributed by atoms with E-state index in [0.717, 1.165) is 12.0 Å². The van der Waals surface area contributed by atoms with Crippen LogP contribution in [0.15, 0.2) is 24.3 Å². The Bertz CT molecular complexity index is 326. The van der Waals surface area contributed by atoms with E-state index in [-0.39, 0.29) is 5.82 Å². The highest BCUT2D eigenvalue weighted by molar-refractivity contribution is 6.17. The van der Waals surface area contributed by atoms with E-state index in [0.29, 0.717) is 11.6 Å². The third-order valence-electron chi connectivity index (χ3n) is 1.73. The number of nitrogens with two attached hydrogens (primary N) is 1. The zero-order valence-corrected chi connectivity index (χ0v) is 8.39. The van der Waals surface area contributed by atoms with Gasteiger partial charge in [0.25, 0.3) is 0 Å². The highest BCUT2D eigenvalue weighted by atomic mass is 35.5. The van der Waals surface area contributed by atoms with Crippen LogP contribution in [0.3, 0.4) is 0 Å². The van der Waals surface area contributed by atoms with Gasteiger partial charge in [0.2, 0.25) is 0 Å². The lowest BCUT2D eigenvalue weighted by Gasteiger charge is -2.01. The summed E-state index contributed by atoms with van der Waals surface area (Å²) < 4.78 is 13.2. The van der Waals surface area contributed by atoms with Crippen LogP contribution >= 0.6 is 11.6 Å². The fraction of sp³-hybridized carbons (Fsp3) is 0.200. The summed E-state index contributed by atoms with van der Waals surface area (Å²) in [6.07, 6.45) is 4.50. The van der Waals surface area contributed by atoms with E-state index in [2.05, 4.69) is 5.43 Å². The molecule has 3 N–H and O–H groups in total. The van der Waals surface area contributed by atoms with Crippen LogP contribution in [0, 0.1) is 5.82 Å². The molecule has 2 nitrogen and oxygen atoms in total. The number of hydrazine groups is 1. The van der Waals surface area contributed by atoms with Gasteiger partial charge in [0.1, 0.15) is 5.82 Å². The highest BCUT2D eigenvalue weighted by Gasteiger charge is 1.99. The maximum atomic E-state index is 13.2. The number of hydrogen-bond acceptors (Lipinski definition) is 2. The SMILES string of the molecule is NNc1ccc(C=CCCCl)cc1F. The van der Waals surface area contributed by atoms with Gasteiger partial charge in [-0.25, -0.2) is 4.39 Å². The van der Waals surface area contributed by atoms with Gasteiger partial charge in [-0.2, -0.15) is 0 Å². The average Bonchev–Trinajstić information content (AvgIpc) is 2.18. The van der Waals surface area contributed by atoms with Crippen LogP contribution in [0.5, 0.6) is 0 Å². The molecule has 0 saturated heterocycles. The summed E-state index contributed by atoms with van der Waals surface area (Å²) in [7, 11) is 0. The Hall–Kier alpha value is -1.06. The maximum Gasteiger partial charge on any atom is 0.148 e. The van der Waals surface area contributed by atoms with Crippen molar-refractivity contribution < 1.29 is 4.39 Å². The van der Waals surface area contributed by atoms with Gasteiger partial charge in [-0.15, -0.1) is 11.6 Å². The number of rotatable bonds is 4. The Balaban J connectivity index is 2.76. The molecule has 0 aromatic heterocycles. The minimum absolute atomic E-state index is 0.291. The minimum atomic E-state index is -0.361. The lowest BCUT2D eigenvalue weighted by molar-refractivity contribution is 0.630. The van der Waals surface area contributed by atoms with E-state index in [1.54, 1.807) is 12.1 Å². The molecule has 0 aliphatic rings. The normalized spacial score (nSPS) is 10.8. The zero-order chi connectivity index (χ0) is 10.4. The molecule has 14 heavy (non-hydrogen) atoms. The highest BCUT2D eigenvalue weighted by Crippen LogP contribution is 2.15. The summed E-state index contributed by atoms with van der Waals surface area (Å²) >= 11 is 5.49. The van der Waals surface area contributed by atoms with Crippen LogP contribution < -0.4 is 11.3 Å². The number of nitrogen functional groups attached to an aromatic ring is 1. The smallest absolute Gasteiger partial charge is 0.148 e. The Morgan fingerprint density at radius 2 is 2.29 bits per heavy atom. The molecule has 0 heterocycles. The molecule has 0 bridgehead atoms. The summed E-state index contributed by atoms with van der Waals surface area (Å²) in [6.45, 7) is 0. The summed E-state index contributed by atoms with van der Waals surface area (Å²) in [5, 5.41) is 0. The molecule has 1 rings (SSSR count). The van der Waals surface area contributed by atoms with E-state index in [1.807, 2.05) is 12.2 Å². The van der Waals surface area contributed by atoms with Gasteiger partial charge in [0.15, 0.2) is 0 Å². The van der Waals surface area contributed by atoms with Gasteiger partial charge in [0, 0.05) is 5.88 Å². The van der Waals surface area contributed by atoms with Crippen molar-refractivity contribution in [3.05, 3.63) is 35.7 Å². The Morgan fingerprint density at radius 3 is 2.86 bits per heavy atom. The molecule has 0 radical (unpaired) electrons. The molecule has 0 atom stereocenters. The fourth-order valence-corrected chi connectivity index (χ4v) is 1.16. The lowest BCUT2D eigenvalue weighted by atomic mass is 10.2. The molecule has 0 amide bonds. The van der Waals surface area contributed by atoms with Crippen LogP contribution in [0.1, 0.15) is 12.0 Å². The fourth-order valence-electron chi connectivity index (χ4n) is 1.03. The number of benzene rings is 1. The van der Waals surface area contributed by atoms with Crippen molar-refractivity contribution in [2.24, 2.45) is 5.84 Å². The third-order valence-corrected chi connectivity index (χ3v) is 1.95. The molecular weight excluding hydrogens is 203 g/mol. The molecule has 0 aliphatic carbocycles. The molecule has 0 saturated carbocycles. The molecule has 4 heteroatoms. The van der Waals surface area contributed by atoms with Crippen LogP contribution in [0.25, 0.3) is 6.08 Å². The summed E-state index contributed by atoms with van der Waals surface area (Å²) in [6, 6.07) is 4.79. The first-order chi connectivity index (χ1) is 6.77. The van der Waals surface area contributed by atoms with Gasteiger partial charge in [-0.1, -0.05) is 18.2 Å². The van der Waals surface area contributed by atoms with E-state index in [9.17, 15) is 4.39 Å². The van der Waals surface area contributed by atoms with Crippen molar-refractivity contribution in [2.75, 3.05) is 11.3 Å². The van der Waals surface area contributed by atoms with E-state index >= 15 is 0 Å². The molecule has 1 aromatic rings. The second-order valence-electron chi connectivity index (χ2n) is 2.76. The molecular formula is C10H12ClFN2. The molecule has 76 valence electrons.